The Morgan fingerprint density at radius 1 is 0.905 bits per heavy atom. The molecule has 0 unspecified atom stereocenters. The van der Waals surface area contributed by atoms with E-state index in [1.807, 2.05) is 6.07 Å². The molecule has 2 heteroatoms. The third kappa shape index (κ3) is 1.87. The summed E-state index contributed by atoms with van der Waals surface area (Å²) in [5, 5.41) is 2.63. The number of rotatable bonds is 2. The molecule has 21 heavy (non-hydrogen) atoms. The number of nitrogens with two attached hydrogens (primary N) is 1. The highest BCUT2D eigenvalue weighted by molar-refractivity contribution is 6.01. The van der Waals surface area contributed by atoms with Crippen molar-refractivity contribution in [2.45, 2.75) is 19.4 Å². The minimum Gasteiger partial charge on any atom is -0.326 e. The molecule has 104 valence electrons. The topological polar surface area (TPSA) is 26.0 Å². The summed E-state index contributed by atoms with van der Waals surface area (Å²) in [7, 11) is 0. The molecule has 0 spiro atoms. The van der Waals surface area contributed by atoms with Gasteiger partial charge in [0.25, 0.3) is 0 Å². The van der Waals surface area contributed by atoms with Crippen molar-refractivity contribution in [2.24, 2.45) is 5.73 Å². The molecule has 1 aliphatic carbocycles. The van der Waals surface area contributed by atoms with Gasteiger partial charge in [0.15, 0.2) is 0 Å². The molecule has 0 aliphatic heterocycles. The zero-order valence-electron chi connectivity index (χ0n) is 11.7. The second-order valence-corrected chi connectivity index (χ2v) is 5.62. The predicted molar refractivity (Wildman–Crippen MR) is 84.6 cm³/mol. The maximum absolute atomic E-state index is 13.4. The largest absolute Gasteiger partial charge is 0.326 e. The molecule has 0 atom stereocenters. The smallest absolute Gasteiger partial charge is 0.123 e. The van der Waals surface area contributed by atoms with Crippen LogP contribution in [0.15, 0.2) is 48.5 Å². The van der Waals surface area contributed by atoms with Crippen LogP contribution in [0.1, 0.15) is 16.7 Å². The van der Waals surface area contributed by atoms with Crippen LogP contribution in [0.25, 0.3) is 21.9 Å². The van der Waals surface area contributed by atoms with Crippen LogP contribution < -0.4 is 5.73 Å². The van der Waals surface area contributed by atoms with E-state index in [0.29, 0.717) is 6.54 Å². The van der Waals surface area contributed by atoms with E-state index in [-0.39, 0.29) is 5.82 Å². The van der Waals surface area contributed by atoms with Crippen molar-refractivity contribution in [3.05, 3.63) is 71.0 Å². The first-order valence-electron chi connectivity index (χ1n) is 7.30. The van der Waals surface area contributed by atoms with Crippen molar-refractivity contribution in [1.82, 2.24) is 0 Å². The third-order valence-corrected chi connectivity index (χ3v) is 4.45. The summed E-state index contributed by atoms with van der Waals surface area (Å²) in [5.41, 5.74) is 11.7. The summed E-state index contributed by atoms with van der Waals surface area (Å²) < 4.78 is 13.4. The van der Waals surface area contributed by atoms with Crippen molar-refractivity contribution < 1.29 is 4.39 Å². The van der Waals surface area contributed by atoms with E-state index in [9.17, 15) is 4.39 Å². The van der Waals surface area contributed by atoms with E-state index < -0.39 is 0 Å². The van der Waals surface area contributed by atoms with Crippen LogP contribution in [0.2, 0.25) is 0 Å². The highest BCUT2D eigenvalue weighted by atomic mass is 19.1. The summed E-state index contributed by atoms with van der Waals surface area (Å²) in [6.07, 6.45) is 2.23. The van der Waals surface area contributed by atoms with Crippen molar-refractivity contribution in [2.75, 3.05) is 0 Å². The van der Waals surface area contributed by atoms with Crippen LogP contribution >= 0.6 is 0 Å². The van der Waals surface area contributed by atoms with Crippen LogP contribution in [-0.2, 0) is 19.4 Å². The minimum atomic E-state index is -0.231. The summed E-state index contributed by atoms with van der Waals surface area (Å²) in [6, 6.07) is 15.7. The summed E-state index contributed by atoms with van der Waals surface area (Å²) in [4.78, 5) is 0. The monoisotopic (exact) mass is 277 g/mol. The van der Waals surface area contributed by atoms with Gasteiger partial charge in [-0.1, -0.05) is 36.4 Å². The number of benzene rings is 3. The van der Waals surface area contributed by atoms with Crippen LogP contribution in [0.3, 0.4) is 0 Å². The van der Waals surface area contributed by atoms with Gasteiger partial charge < -0.3 is 5.73 Å². The van der Waals surface area contributed by atoms with Gasteiger partial charge in [-0.2, -0.15) is 0 Å². The average molecular weight is 277 g/mol. The molecule has 0 saturated heterocycles. The molecule has 0 radical (unpaired) electrons. The highest BCUT2D eigenvalue weighted by Crippen LogP contribution is 2.38. The molecule has 0 saturated carbocycles. The van der Waals surface area contributed by atoms with Crippen molar-refractivity contribution in [1.29, 1.82) is 0 Å². The van der Waals surface area contributed by atoms with E-state index in [1.54, 1.807) is 6.07 Å². The van der Waals surface area contributed by atoms with Crippen LogP contribution in [0.5, 0.6) is 0 Å². The molecule has 2 N–H and O–H groups in total. The normalized spacial score (nSPS) is 13.0. The summed E-state index contributed by atoms with van der Waals surface area (Å²) in [6.45, 7) is 0.343. The Morgan fingerprint density at radius 3 is 2.48 bits per heavy atom. The SMILES string of the molecule is NCc1cc(F)ccc1-c1ccc2c3c(cccc13)CC2. The molecule has 1 aliphatic rings. The zero-order chi connectivity index (χ0) is 14.4. The second kappa shape index (κ2) is 4.68. The van der Waals surface area contributed by atoms with E-state index in [0.717, 1.165) is 29.5 Å². The molecule has 0 aromatic heterocycles. The maximum atomic E-state index is 13.4. The molecule has 1 nitrogen and oxygen atoms in total. The van der Waals surface area contributed by atoms with Gasteiger partial charge in [0.05, 0.1) is 0 Å². The van der Waals surface area contributed by atoms with Gasteiger partial charge in [-0.15, -0.1) is 0 Å². The number of hydrogen-bond acceptors (Lipinski definition) is 1. The van der Waals surface area contributed by atoms with Gasteiger partial charge in [0, 0.05) is 6.54 Å². The van der Waals surface area contributed by atoms with Gasteiger partial charge in [0.2, 0.25) is 0 Å². The predicted octanol–water partition coefficient (Wildman–Crippen LogP) is 4.20. The van der Waals surface area contributed by atoms with Gasteiger partial charge in [-0.05, 0) is 63.6 Å². The van der Waals surface area contributed by atoms with E-state index >= 15 is 0 Å². The molecule has 0 heterocycles. The quantitative estimate of drug-likeness (QED) is 0.746. The van der Waals surface area contributed by atoms with Gasteiger partial charge in [-0.25, -0.2) is 4.39 Å². The fourth-order valence-corrected chi connectivity index (χ4v) is 3.48. The fraction of sp³-hybridized carbons (Fsp3) is 0.158. The molecule has 0 bridgehead atoms. The summed E-state index contributed by atoms with van der Waals surface area (Å²) >= 11 is 0. The Kier molecular flexibility index (Phi) is 2.79. The fourth-order valence-electron chi connectivity index (χ4n) is 3.48. The summed E-state index contributed by atoms with van der Waals surface area (Å²) in [5.74, 6) is -0.231. The Balaban J connectivity index is 2.05. The van der Waals surface area contributed by atoms with Gasteiger partial charge in [-0.3, -0.25) is 0 Å². The molecule has 3 aromatic carbocycles. The van der Waals surface area contributed by atoms with Gasteiger partial charge in [0.1, 0.15) is 5.82 Å². The zero-order valence-corrected chi connectivity index (χ0v) is 11.7. The highest BCUT2D eigenvalue weighted by Gasteiger charge is 2.17. The van der Waals surface area contributed by atoms with Crippen LogP contribution in [0.4, 0.5) is 4.39 Å². The molecule has 4 rings (SSSR count). The van der Waals surface area contributed by atoms with Crippen molar-refractivity contribution in [3.8, 4) is 11.1 Å². The molecule has 3 aromatic rings. The lowest BCUT2D eigenvalue weighted by molar-refractivity contribution is 0.625. The first-order valence-corrected chi connectivity index (χ1v) is 7.30. The Morgan fingerprint density at radius 2 is 1.67 bits per heavy atom. The van der Waals surface area contributed by atoms with Crippen molar-refractivity contribution in [3.63, 3.8) is 0 Å². The Bertz CT molecular complexity index is 841. The maximum Gasteiger partial charge on any atom is 0.123 e. The standard InChI is InChI=1S/C19H16FN/c20-15-7-9-16(14(10-15)11-21)17-8-6-13-5-4-12-2-1-3-18(17)19(12)13/h1-3,6-10H,4-5,11,21H2. The van der Waals surface area contributed by atoms with Crippen molar-refractivity contribution >= 4 is 10.8 Å². The molecule has 0 fully saturated rings. The van der Waals surface area contributed by atoms with E-state index in [1.165, 1.54) is 28.0 Å². The van der Waals surface area contributed by atoms with Crippen LogP contribution in [-0.4, -0.2) is 0 Å². The Hall–Kier alpha value is -2.19. The first-order chi connectivity index (χ1) is 10.3. The molecular formula is C19H16FN. The molecule has 0 amide bonds. The third-order valence-electron chi connectivity index (χ3n) is 4.45. The second-order valence-electron chi connectivity index (χ2n) is 5.62. The lowest BCUT2D eigenvalue weighted by Gasteiger charge is -2.13. The average Bonchev–Trinajstić information content (AvgIpc) is 2.93. The van der Waals surface area contributed by atoms with Crippen LogP contribution in [0, 0.1) is 5.82 Å². The lowest BCUT2D eigenvalue weighted by Crippen LogP contribution is -2.00. The Labute approximate surface area is 123 Å². The number of hydrogen-bond donors (Lipinski definition) is 1. The minimum absolute atomic E-state index is 0.231. The number of halogens is 1. The first kappa shape index (κ1) is 12.5. The number of aryl methyl sites for hydroxylation is 2. The molecular weight excluding hydrogens is 261 g/mol. The van der Waals surface area contributed by atoms with Gasteiger partial charge >= 0.3 is 0 Å². The van der Waals surface area contributed by atoms with E-state index in [4.69, 9.17) is 5.73 Å². The van der Waals surface area contributed by atoms with E-state index in [2.05, 4.69) is 30.3 Å². The lowest BCUT2D eigenvalue weighted by atomic mass is 9.92.